The smallest absolute Gasteiger partial charge is 0.208 e. The summed E-state index contributed by atoms with van der Waals surface area (Å²) in [4.78, 5) is 4.21. The number of nitrogens with zero attached hydrogens (tertiary/aromatic N) is 2. The predicted molar refractivity (Wildman–Crippen MR) is 52.5 cm³/mol. The van der Waals surface area contributed by atoms with Crippen LogP contribution in [-0.4, -0.2) is 11.0 Å². The zero-order valence-electron chi connectivity index (χ0n) is 8.79. The molecule has 1 N–H and O–H groups in total. The van der Waals surface area contributed by atoms with Crippen molar-refractivity contribution in [2.24, 2.45) is 0 Å². The lowest BCUT2D eigenvalue weighted by molar-refractivity contribution is 0.437. The van der Waals surface area contributed by atoms with Crippen LogP contribution in [0.5, 0.6) is 0 Å². The van der Waals surface area contributed by atoms with Crippen molar-refractivity contribution in [3.05, 3.63) is 17.3 Å². The molecule has 0 saturated heterocycles. The normalized spacial score (nSPS) is 12.4. The van der Waals surface area contributed by atoms with Gasteiger partial charge in [-0.3, -0.25) is 5.32 Å². The average molecular weight is 193 g/mol. The Bertz CT molecular complexity index is 318. The predicted octanol–water partition coefficient (Wildman–Crippen LogP) is 1.68. The largest absolute Gasteiger partial charge is 0.444 e. The van der Waals surface area contributed by atoms with Gasteiger partial charge in [0.2, 0.25) is 5.89 Å². The summed E-state index contributed by atoms with van der Waals surface area (Å²) in [7, 11) is 0. The Morgan fingerprint density at radius 2 is 2.29 bits per heavy atom. The van der Waals surface area contributed by atoms with E-state index in [1.807, 2.05) is 20.8 Å². The van der Waals surface area contributed by atoms with Gasteiger partial charge in [0, 0.05) is 0 Å². The Morgan fingerprint density at radius 1 is 1.57 bits per heavy atom. The van der Waals surface area contributed by atoms with E-state index in [1.54, 1.807) is 0 Å². The molecule has 0 spiro atoms. The molecule has 1 unspecified atom stereocenters. The van der Waals surface area contributed by atoms with Gasteiger partial charge >= 0.3 is 0 Å². The minimum absolute atomic E-state index is 0.123. The summed E-state index contributed by atoms with van der Waals surface area (Å²) in [6, 6.07) is 2.04. The highest BCUT2D eigenvalue weighted by molar-refractivity contribution is 5.05. The van der Waals surface area contributed by atoms with Crippen LogP contribution in [-0.2, 0) is 6.54 Å². The van der Waals surface area contributed by atoms with Crippen LogP contribution < -0.4 is 5.32 Å². The zero-order valence-corrected chi connectivity index (χ0v) is 8.79. The van der Waals surface area contributed by atoms with Crippen LogP contribution in [0.4, 0.5) is 0 Å². The molecule has 0 radical (unpaired) electrons. The second-order valence-corrected chi connectivity index (χ2v) is 3.22. The van der Waals surface area contributed by atoms with Gasteiger partial charge in [-0.2, -0.15) is 5.26 Å². The maximum absolute atomic E-state index is 8.70. The van der Waals surface area contributed by atoms with Gasteiger partial charge in [-0.1, -0.05) is 6.92 Å². The van der Waals surface area contributed by atoms with E-state index >= 15 is 0 Å². The lowest BCUT2D eigenvalue weighted by Crippen LogP contribution is -2.26. The Labute approximate surface area is 83.9 Å². The minimum atomic E-state index is -0.123. The average Bonchev–Trinajstić information content (AvgIpc) is 2.48. The monoisotopic (exact) mass is 193 g/mol. The maximum atomic E-state index is 8.70. The van der Waals surface area contributed by atoms with Crippen LogP contribution >= 0.6 is 0 Å². The number of aromatic nitrogens is 1. The van der Waals surface area contributed by atoms with Crippen molar-refractivity contribution in [3.8, 4) is 6.07 Å². The van der Waals surface area contributed by atoms with Crippen LogP contribution in [0.15, 0.2) is 4.42 Å². The van der Waals surface area contributed by atoms with Crippen LogP contribution in [0.25, 0.3) is 0 Å². The summed E-state index contributed by atoms with van der Waals surface area (Å²) < 4.78 is 5.37. The molecule has 0 aromatic carbocycles. The summed E-state index contributed by atoms with van der Waals surface area (Å²) in [6.07, 6.45) is 0.787. The topological polar surface area (TPSA) is 61.9 Å². The van der Waals surface area contributed by atoms with Crippen molar-refractivity contribution in [2.45, 2.75) is 39.8 Å². The molecular formula is C10H15N3O. The van der Waals surface area contributed by atoms with Gasteiger partial charge in [-0.15, -0.1) is 0 Å². The lowest BCUT2D eigenvalue weighted by Gasteiger charge is -2.05. The van der Waals surface area contributed by atoms with Gasteiger partial charge in [0.05, 0.1) is 24.3 Å². The zero-order chi connectivity index (χ0) is 10.6. The Hall–Kier alpha value is -1.34. The molecule has 1 rings (SSSR count). The standard InChI is InChI=1S/C10H15N3O/c1-4-9(5-11)12-6-10-13-7(2)8(3)14-10/h9,12H,4,6H2,1-3H3. The van der Waals surface area contributed by atoms with Gasteiger partial charge in [0.1, 0.15) is 5.76 Å². The number of hydrogen-bond donors (Lipinski definition) is 1. The van der Waals surface area contributed by atoms with Crippen LogP contribution in [0.1, 0.15) is 30.7 Å². The highest BCUT2D eigenvalue weighted by Crippen LogP contribution is 2.07. The summed E-state index contributed by atoms with van der Waals surface area (Å²) in [5.74, 6) is 1.49. The summed E-state index contributed by atoms with van der Waals surface area (Å²) >= 11 is 0. The first-order valence-electron chi connectivity index (χ1n) is 4.73. The van der Waals surface area contributed by atoms with E-state index in [0.717, 1.165) is 17.9 Å². The van der Waals surface area contributed by atoms with Gasteiger partial charge in [0.25, 0.3) is 0 Å². The van der Waals surface area contributed by atoms with E-state index in [4.69, 9.17) is 9.68 Å². The first kappa shape index (κ1) is 10.7. The van der Waals surface area contributed by atoms with Crippen LogP contribution in [0.3, 0.4) is 0 Å². The van der Waals surface area contributed by atoms with E-state index in [2.05, 4.69) is 16.4 Å². The van der Waals surface area contributed by atoms with Crippen molar-refractivity contribution in [1.82, 2.24) is 10.3 Å². The quantitative estimate of drug-likeness (QED) is 0.790. The van der Waals surface area contributed by atoms with Crippen molar-refractivity contribution < 1.29 is 4.42 Å². The van der Waals surface area contributed by atoms with E-state index in [1.165, 1.54) is 0 Å². The van der Waals surface area contributed by atoms with E-state index in [-0.39, 0.29) is 6.04 Å². The van der Waals surface area contributed by atoms with E-state index in [9.17, 15) is 0 Å². The number of nitrogens with one attached hydrogen (secondary N) is 1. The number of hydrogen-bond acceptors (Lipinski definition) is 4. The summed E-state index contributed by atoms with van der Waals surface area (Å²) in [6.45, 7) is 6.27. The molecule has 0 aliphatic carbocycles. The molecule has 4 nitrogen and oxygen atoms in total. The van der Waals surface area contributed by atoms with Crippen LogP contribution in [0.2, 0.25) is 0 Å². The number of aryl methyl sites for hydroxylation is 2. The number of rotatable bonds is 4. The lowest BCUT2D eigenvalue weighted by atomic mass is 10.2. The fourth-order valence-electron chi connectivity index (χ4n) is 1.11. The van der Waals surface area contributed by atoms with Crippen molar-refractivity contribution in [3.63, 3.8) is 0 Å². The third-order valence-corrected chi connectivity index (χ3v) is 2.14. The van der Waals surface area contributed by atoms with Crippen molar-refractivity contribution in [1.29, 1.82) is 5.26 Å². The fraction of sp³-hybridized carbons (Fsp3) is 0.600. The summed E-state index contributed by atoms with van der Waals surface area (Å²) in [5, 5.41) is 11.8. The SMILES string of the molecule is CCC(C#N)NCc1nc(C)c(C)o1. The Kier molecular flexibility index (Phi) is 3.66. The van der Waals surface area contributed by atoms with Gasteiger partial charge in [-0.25, -0.2) is 4.98 Å². The highest BCUT2D eigenvalue weighted by atomic mass is 16.4. The number of oxazole rings is 1. The highest BCUT2D eigenvalue weighted by Gasteiger charge is 2.08. The maximum Gasteiger partial charge on any atom is 0.208 e. The first-order valence-corrected chi connectivity index (χ1v) is 4.73. The van der Waals surface area contributed by atoms with Crippen molar-refractivity contribution >= 4 is 0 Å². The van der Waals surface area contributed by atoms with Gasteiger partial charge in [-0.05, 0) is 20.3 Å². The molecule has 4 heteroatoms. The molecule has 0 aliphatic heterocycles. The second kappa shape index (κ2) is 4.77. The van der Waals surface area contributed by atoms with Gasteiger partial charge in [0.15, 0.2) is 0 Å². The third-order valence-electron chi connectivity index (χ3n) is 2.14. The Balaban J connectivity index is 2.50. The molecule has 0 fully saturated rings. The second-order valence-electron chi connectivity index (χ2n) is 3.22. The fourth-order valence-corrected chi connectivity index (χ4v) is 1.11. The van der Waals surface area contributed by atoms with Gasteiger partial charge < -0.3 is 4.42 Å². The molecule has 14 heavy (non-hydrogen) atoms. The molecule has 0 aliphatic rings. The molecule has 0 amide bonds. The molecule has 0 bridgehead atoms. The Morgan fingerprint density at radius 3 is 2.71 bits per heavy atom. The minimum Gasteiger partial charge on any atom is -0.444 e. The van der Waals surface area contributed by atoms with Crippen LogP contribution in [0, 0.1) is 25.2 Å². The number of nitriles is 1. The first-order chi connectivity index (χ1) is 6.67. The third kappa shape index (κ3) is 2.57. The molecule has 1 heterocycles. The van der Waals surface area contributed by atoms with Crippen molar-refractivity contribution in [2.75, 3.05) is 0 Å². The molecule has 1 atom stereocenters. The molecule has 1 aromatic rings. The van der Waals surface area contributed by atoms with E-state index in [0.29, 0.717) is 12.4 Å². The molecular weight excluding hydrogens is 178 g/mol. The molecule has 0 saturated carbocycles. The van der Waals surface area contributed by atoms with E-state index < -0.39 is 0 Å². The molecule has 1 aromatic heterocycles. The molecule has 76 valence electrons. The summed E-state index contributed by atoms with van der Waals surface area (Å²) in [5.41, 5.74) is 0.909.